The molecule has 0 bridgehead atoms. The summed E-state index contributed by atoms with van der Waals surface area (Å²) in [6.45, 7) is 1.91. The van der Waals surface area contributed by atoms with Gasteiger partial charge < -0.3 is 5.73 Å². The second-order valence-corrected chi connectivity index (χ2v) is 6.07. The third-order valence-electron chi connectivity index (χ3n) is 3.84. The number of carbonyl (C=O) groups is 1. The third kappa shape index (κ3) is 2.25. The molecule has 0 spiro atoms. The molecule has 0 unspecified atom stereocenters. The Morgan fingerprint density at radius 2 is 1.86 bits per heavy atom. The first kappa shape index (κ1) is 14.9. The first-order valence-corrected chi connectivity index (χ1v) is 7.46. The monoisotopic (exact) mass is 363 g/mol. The molecule has 2 N–H and O–H groups in total. The lowest BCUT2D eigenvalue weighted by Gasteiger charge is -2.12. The summed E-state index contributed by atoms with van der Waals surface area (Å²) in [6.07, 6.45) is 0.513. The van der Waals surface area contributed by atoms with Gasteiger partial charge in [0.25, 0.3) is 0 Å². The Labute approximate surface area is 134 Å². The number of amides is 1. The van der Waals surface area contributed by atoms with Crippen LogP contribution in [0.1, 0.15) is 34.0 Å². The first-order chi connectivity index (χ1) is 10.4. The average molecular weight is 364 g/mol. The Morgan fingerprint density at radius 3 is 2.45 bits per heavy atom. The van der Waals surface area contributed by atoms with Gasteiger partial charge in [0.15, 0.2) is 0 Å². The summed E-state index contributed by atoms with van der Waals surface area (Å²) in [5, 5.41) is 0. The molecule has 1 aliphatic rings. The summed E-state index contributed by atoms with van der Waals surface area (Å²) >= 11 is 3.26. The van der Waals surface area contributed by atoms with Crippen LogP contribution in [-0.4, -0.2) is 5.91 Å². The summed E-state index contributed by atoms with van der Waals surface area (Å²) in [4.78, 5) is 11.6. The molecule has 22 heavy (non-hydrogen) atoms. The van der Waals surface area contributed by atoms with E-state index in [0.717, 1.165) is 22.8 Å². The van der Waals surface area contributed by atoms with Gasteiger partial charge in [-0.1, -0.05) is 17.7 Å². The van der Waals surface area contributed by atoms with Crippen molar-refractivity contribution in [2.24, 2.45) is 5.73 Å². The second kappa shape index (κ2) is 5.32. The number of benzene rings is 2. The molecule has 1 amide bonds. The van der Waals surface area contributed by atoms with E-state index in [4.69, 9.17) is 5.73 Å². The highest BCUT2D eigenvalue weighted by molar-refractivity contribution is 9.10. The summed E-state index contributed by atoms with van der Waals surface area (Å²) in [7, 11) is 0. The number of nitrogens with two attached hydrogens (primary N) is 1. The highest BCUT2D eigenvalue weighted by atomic mass is 79.9. The van der Waals surface area contributed by atoms with Gasteiger partial charge in [-0.3, -0.25) is 4.79 Å². The molecule has 0 aromatic heterocycles. The maximum absolute atomic E-state index is 14.1. The lowest BCUT2D eigenvalue weighted by atomic mass is 9.95. The van der Waals surface area contributed by atoms with E-state index in [9.17, 15) is 13.6 Å². The number of rotatable bonds is 2. The predicted octanol–water partition coefficient (Wildman–Crippen LogP) is 4.20. The van der Waals surface area contributed by atoms with E-state index in [2.05, 4.69) is 15.9 Å². The van der Waals surface area contributed by atoms with Crippen molar-refractivity contribution in [1.82, 2.24) is 0 Å². The summed E-state index contributed by atoms with van der Waals surface area (Å²) < 4.78 is 27.6. The number of hydrogen-bond donors (Lipinski definition) is 1. The zero-order valence-corrected chi connectivity index (χ0v) is 13.3. The molecule has 0 radical (unpaired) electrons. The van der Waals surface area contributed by atoms with E-state index >= 15 is 0 Å². The Morgan fingerprint density at radius 1 is 1.23 bits per heavy atom. The quantitative estimate of drug-likeness (QED) is 0.853. The van der Waals surface area contributed by atoms with Crippen LogP contribution in [0.2, 0.25) is 0 Å². The van der Waals surface area contributed by atoms with Crippen molar-refractivity contribution in [3.8, 4) is 0 Å². The maximum atomic E-state index is 14.1. The second-order valence-electron chi connectivity index (χ2n) is 5.28. The number of carbonyl (C=O) groups excluding carboxylic acids is 1. The lowest BCUT2D eigenvalue weighted by Crippen LogP contribution is -2.15. The summed E-state index contributed by atoms with van der Waals surface area (Å²) in [5.74, 6) is -1.53. The largest absolute Gasteiger partial charge is 0.366 e. The van der Waals surface area contributed by atoms with Gasteiger partial charge in [-0.05, 0) is 64.2 Å². The van der Waals surface area contributed by atoms with Crippen molar-refractivity contribution in [3.05, 3.63) is 74.3 Å². The fourth-order valence-electron chi connectivity index (χ4n) is 2.90. The van der Waals surface area contributed by atoms with E-state index in [1.54, 1.807) is 12.1 Å². The number of allylic oxidation sites excluding steroid dienone is 1. The van der Waals surface area contributed by atoms with Crippen molar-refractivity contribution >= 4 is 27.4 Å². The van der Waals surface area contributed by atoms with Crippen LogP contribution in [-0.2, 0) is 6.42 Å². The molecule has 0 saturated heterocycles. The van der Waals surface area contributed by atoms with Gasteiger partial charge >= 0.3 is 0 Å². The van der Waals surface area contributed by atoms with Gasteiger partial charge in [-0.2, -0.15) is 0 Å². The minimum absolute atomic E-state index is 0.187. The molecule has 2 nitrogen and oxygen atoms in total. The van der Waals surface area contributed by atoms with E-state index < -0.39 is 11.7 Å². The molecule has 0 fully saturated rings. The third-order valence-corrected chi connectivity index (χ3v) is 4.62. The van der Waals surface area contributed by atoms with Crippen molar-refractivity contribution in [1.29, 1.82) is 0 Å². The fraction of sp³-hybridized carbons (Fsp3) is 0.118. The zero-order chi connectivity index (χ0) is 16.0. The predicted molar refractivity (Wildman–Crippen MR) is 84.4 cm³/mol. The number of halogens is 3. The number of fused-ring (bicyclic) bond motifs is 1. The molecule has 1 aliphatic carbocycles. The highest BCUT2D eigenvalue weighted by Crippen LogP contribution is 2.43. The fourth-order valence-corrected chi connectivity index (χ4v) is 3.45. The molecule has 3 rings (SSSR count). The molecule has 0 heterocycles. The molecule has 112 valence electrons. The Bertz CT molecular complexity index is 826. The molecule has 0 saturated carbocycles. The van der Waals surface area contributed by atoms with Crippen molar-refractivity contribution < 1.29 is 13.6 Å². The molecule has 5 heteroatoms. The number of primary amides is 1. The Balaban J connectivity index is 2.28. The normalized spacial score (nSPS) is 13.5. The molecular formula is C17H12BrF2NO. The minimum Gasteiger partial charge on any atom is -0.366 e. The molecular weight excluding hydrogens is 352 g/mol. The summed E-state index contributed by atoms with van der Waals surface area (Å²) in [5.41, 5.74) is 9.45. The van der Waals surface area contributed by atoms with Gasteiger partial charge in [0.1, 0.15) is 11.6 Å². The molecule has 2 aromatic rings. The van der Waals surface area contributed by atoms with Crippen LogP contribution < -0.4 is 5.73 Å². The molecule has 0 atom stereocenters. The van der Waals surface area contributed by atoms with Gasteiger partial charge in [0.05, 0.1) is 4.47 Å². The molecule has 2 aromatic carbocycles. The maximum Gasteiger partial charge on any atom is 0.249 e. The smallest absolute Gasteiger partial charge is 0.249 e. The van der Waals surface area contributed by atoms with E-state index in [1.165, 1.54) is 12.1 Å². The highest BCUT2D eigenvalue weighted by Gasteiger charge is 2.28. The first-order valence-electron chi connectivity index (χ1n) is 6.67. The lowest BCUT2D eigenvalue weighted by molar-refractivity contribution is 0.0999. The van der Waals surface area contributed by atoms with Crippen LogP contribution in [0.25, 0.3) is 5.57 Å². The van der Waals surface area contributed by atoms with Crippen LogP contribution in [0.3, 0.4) is 0 Å². The van der Waals surface area contributed by atoms with Gasteiger partial charge in [-0.25, -0.2) is 8.78 Å². The number of hydrogen-bond acceptors (Lipinski definition) is 1. The minimum atomic E-state index is -0.657. The van der Waals surface area contributed by atoms with Crippen molar-refractivity contribution in [2.75, 3.05) is 0 Å². The van der Waals surface area contributed by atoms with E-state index in [1.807, 2.05) is 6.92 Å². The van der Waals surface area contributed by atoms with E-state index in [-0.39, 0.29) is 11.4 Å². The van der Waals surface area contributed by atoms with Crippen molar-refractivity contribution in [3.63, 3.8) is 0 Å². The van der Waals surface area contributed by atoms with Crippen LogP contribution in [0.15, 0.2) is 40.4 Å². The zero-order valence-electron chi connectivity index (χ0n) is 11.7. The van der Waals surface area contributed by atoms with Crippen LogP contribution in [0.5, 0.6) is 0 Å². The van der Waals surface area contributed by atoms with Gasteiger partial charge in [-0.15, -0.1) is 0 Å². The topological polar surface area (TPSA) is 43.1 Å². The average Bonchev–Trinajstić information content (AvgIpc) is 2.81. The SMILES string of the molecule is CC1=C(c2ccc(F)cc2)c2c(Br)c(F)cc(C(N)=O)c2C1. The van der Waals surface area contributed by atoms with Crippen LogP contribution >= 0.6 is 15.9 Å². The standard InChI is InChI=1S/C17H12BrF2NO/c1-8-6-11-12(17(21)22)7-13(20)16(18)15(11)14(8)9-2-4-10(19)5-3-9/h2-5,7H,6H2,1H3,(H2,21,22). The van der Waals surface area contributed by atoms with Gasteiger partial charge in [0, 0.05) is 11.1 Å². The van der Waals surface area contributed by atoms with Crippen LogP contribution in [0, 0.1) is 11.6 Å². The summed E-state index contributed by atoms with van der Waals surface area (Å²) in [6, 6.07) is 7.16. The Hall–Kier alpha value is -2.01. The molecule has 0 aliphatic heterocycles. The van der Waals surface area contributed by atoms with Crippen LogP contribution in [0.4, 0.5) is 8.78 Å². The van der Waals surface area contributed by atoms with Gasteiger partial charge in [0.2, 0.25) is 5.91 Å². The van der Waals surface area contributed by atoms with Crippen molar-refractivity contribution in [2.45, 2.75) is 13.3 Å². The Kier molecular flexibility index (Phi) is 3.60. The van der Waals surface area contributed by atoms with E-state index in [0.29, 0.717) is 22.0 Å².